The smallest absolute Gasteiger partial charge is 0.255 e. The van der Waals surface area contributed by atoms with Gasteiger partial charge in [-0.25, -0.2) is 4.39 Å². The van der Waals surface area contributed by atoms with Crippen LogP contribution in [0.2, 0.25) is 0 Å². The number of hydrogen-bond acceptors (Lipinski definition) is 5. The van der Waals surface area contributed by atoms with Crippen molar-refractivity contribution in [1.29, 1.82) is 0 Å². The third-order valence-electron chi connectivity index (χ3n) is 4.92. The van der Waals surface area contributed by atoms with E-state index >= 15 is 0 Å². The van der Waals surface area contributed by atoms with Gasteiger partial charge in [-0.2, -0.15) is 0 Å². The number of hydrogen-bond donors (Lipinski definition) is 3. The molecular weight excluding hydrogens is 399 g/mol. The highest BCUT2D eigenvalue weighted by Gasteiger charge is 2.28. The van der Waals surface area contributed by atoms with Crippen LogP contribution in [0.1, 0.15) is 23.0 Å². The van der Waals surface area contributed by atoms with E-state index in [0.29, 0.717) is 48.0 Å². The topological polar surface area (TPSA) is 88.3 Å². The fourth-order valence-electron chi connectivity index (χ4n) is 3.56. The number of fused-ring (bicyclic) bond motifs is 1. The van der Waals surface area contributed by atoms with Gasteiger partial charge in [0, 0.05) is 30.4 Å². The summed E-state index contributed by atoms with van der Waals surface area (Å²) < 4.78 is 25.4. The number of aromatic nitrogens is 2. The molecule has 0 unspecified atom stereocenters. The Morgan fingerprint density at radius 3 is 2.97 bits per heavy atom. The summed E-state index contributed by atoms with van der Waals surface area (Å²) in [4.78, 5) is 20.3. The number of H-pyrrole nitrogens is 1. The van der Waals surface area contributed by atoms with E-state index in [9.17, 15) is 9.18 Å². The van der Waals surface area contributed by atoms with Gasteiger partial charge >= 0.3 is 0 Å². The van der Waals surface area contributed by atoms with Gasteiger partial charge < -0.3 is 25.1 Å². The fourth-order valence-corrected chi connectivity index (χ4v) is 3.56. The fraction of sp³-hybridized carbons (Fsp3) is 0.217. The minimum atomic E-state index is -0.503. The van der Waals surface area contributed by atoms with Crippen LogP contribution in [-0.4, -0.2) is 36.1 Å². The number of ether oxygens (including phenoxy) is 2. The monoisotopic (exact) mass is 422 g/mol. The van der Waals surface area contributed by atoms with Crippen molar-refractivity contribution in [3.63, 3.8) is 0 Å². The van der Waals surface area contributed by atoms with E-state index in [2.05, 4.69) is 27.2 Å². The van der Waals surface area contributed by atoms with Gasteiger partial charge in [-0.15, -0.1) is 0 Å². The minimum Gasteiger partial charge on any atom is -0.492 e. The quantitative estimate of drug-likeness (QED) is 0.497. The van der Waals surface area contributed by atoms with Gasteiger partial charge in [0.05, 0.1) is 35.9 Å². The summed E-state index contributed by atoms with van der Waals surface area (Å²) in [7, 11) is 1.40. The average molecular weight is 422 g/mol. The molecule has 3 aromatic rings. The highest BCUT2D eigenvalue weighted by Crippen LogP contribution is 2.41. The molecule has 1 aromatic carbocycles. The lowest BCUT2D eigenvalue weighted by molar-refractivity contribution is 0.0947. The zero-order valence-corrected chi connectivity index (χ0v) is 17.3. The third-order valence-corrected chi connectivity index (χ3v) is 4.92. The van der Waals surface area contributed by atoms with E-state index in [4.69, 9.17) is 9.47 Å². The summed E-state index contributed by atoms with van der Waals surface area (Å²) in [5.41, 5.74) is 4.42. The second kappa shape index (κ2) is 8.51. The second-order valence-electron chi connectivity index (χ2n) is 7.30. The molecule has 0 bridgehead atoms. The number of carbonyl (C=O) groups is 1. The van der Waals surface area contributed by atoms with Crippen LogP contribution in [0.15, 0.2) is 48.8 Å². The number of benzene rings is 1. The maximum absolute atomic E-state index is 14.3. The molecule has 3 heterocycles. The number of nitrogens with zero attached hydrogens (tertiary/aromatic N) is 1. The highest BCUT2D eigenvalue weighted by molar-refractivity contribution is 6.06. The van der Waals surface area contributed by atoms with Crippen LogP contribution in [0.5, 0.6) is 11.5 Å². The van der Waals surface area contributed by atoms with Crippen LogP contribution in [0, 0.1) is 5.82 Å². The summed E-state index contributed by atoms with van der Waals surface area (Å²) >= 11 is 0. The normalized spacial score (nSPS) is 12.7. The molecule has 8 heteroatoms. The van der Waals surface area contributed by atoms with Crippen LogP contribution >= 0.6 is 0 Å². The Hall–Kier alpha value is -3.81. The Morgan fingerprint density at radius 1 is 1.35 bits per heavy atom. The van der Waals surface area contributed by atoms with Crippen molar-refractivity contribution in [3.05, 3.63) is 65.9 Å². The number of aromatic amines is 1. The van der Waals surface area contributed by atoms with Crippen molar-refractivity contribution >= 4 is 17.3 Å². The van der Waals surface area contributed by atoms with E-state index < -0.39 is 5.82 Å². The molecule has 0 saturated carbocycles. The zero-order chi connectivity index (χ0) is 22.0. The number of carbonyl (C=O) groups excluding carboxylic acids is 1. The molecule has 31 heavy (non-hydrogen) atoms. The third kappa shape index (κ3) is 3.96. The molecule has 0 radical (unpaired) electrons. The van der Waals surface area contributed by atoms with Crippen molar-refractivity contribution in [2.75, 3.05) is 25.6 Å². The molecule has 1 amide bonds. The van der Waals surface area contributed by atoms with Gasteiger partial charge in [0.2, 0.25) is 0 Å². The van der Waals surface area contributed by atoms with E-state index in [1.54, 1.807) is 30.6 Å². The summed E-state index contributed by atoms with van der Waals surface area (Å²) in [5.74, 6) is -0.107. The molecular formula is C23H23FN4O3. The standard InChI is InChI=1S/C23H23FN4O3/c1-13(2)12-31-18-11-25-9-7-14(18)20-21(19-16(27-20)8-10-26-23(19)29)28-17-6-4-5-15(24)22(17)30-3/h4-7,9,11,27-28H,1,8,10,12H2,2-3H3,(H,26,29). The largest absolute Gasteiger partial charge is 0.492 e. The molecule has 0 fully saturated rings. The number of methoxy groups -OCH3 is 1. The van der Waals surface area contributed by atoms with E-state index in [1.165, 1.54) is 13.2 Å². The Labute approximate surface area is 179 Å². The lowest BCUT2D eigenvalue weighted by Gasteiger charge is -2.17. The van der Waals surface area contributed by atoms with E-state index in [-0.39, 0.29) is 11.7 Å². The lowest BCUT2D eigenvalue weighted by Crippen LogP contribution is -2.31. The molecule has 0 aliphatic carbocycles. The predicted molar refractivity (Wildman–Crippen MR) is 117 cm³/mol. The Morgan fingerprint density at radius 2 is 2.19 bits per heavy atom. The highest BCUT2D eigenvalue weighted by atomic mass is 19.1. The maximum atomic E-state index is 14.3. The number of nitrogens with one attached hydrogen (secondary N) is 3. The van der Waals surface area contributed by atoms with Crippen LogP contribution in [-0.2, 0) is 6.42 Å². The first-order chi connectivity index (χ1) is 15.0. The van der Waals surface area contributed by atoms with Crippen LogP contribution in [0.4, 0.5) is 15.8 Å². The number of halogens is 1. The van der Waals surface area contributed by atoms with Gasteiger partial charge in [-0.05, 0) is 30.7 Å². The lowest BCUT2D eigenvalue weighted by atomic mass is 10.0. The average Bonchev–Trinajstić information content (AvgIpc) is 3.12. The number of amides is 1. The van der Waals surface area contributed by atoms with E-state index in [1.807, 2.05) is 6.92 Å². The number of rotatable bonds is 7. The SMILES string of the molecule is C=C(C)COc1cnccc1-c1[nH]c2c(c1Nc1cccc(F)c1OC)C(=O)NCC2. The Kier molecular flexibility index (Phi) is 5.62. The molecule has 160 valence electrons. The summed E-state index contributed by atoms with van der Waals surface area (Å²) in [5, 5.41) is 6.08. The van der Waals surface area contributed by atoms with Crippen molar-refractivity contribution in [2.45, 2.75) is 13.3 Å². The first kappa shape index (κ1) is 20.5. The first-order valence-corrected chi connectivity index (χ1v) is 9.83. The van der Waals surface area contributed by atoms with Gasteiger partial charge in [0.15, 0.2) is 11.6 Å². The molecule has 0 spiro atoms. The zero-order valence-electron chi connectivity index (χ0n) is 17.3. The van der Waals surface area contributed by atoms with Gasteiger partial charge in [-0.1, -0.05) is 12.6 Å². The molecule has 2 aromatic heterocycles. The van der Waals surface area contributed by atoms with Crippen LogP contribution < -0.4 is 20.1 Å². The van der Waals surface area contributed by atoms with Crippen LogP contribution in [0.25, 0.3) is 11.3 Å². The maximum Gasteiger partial charge on any atom is 0.255 e. The molecule has 4 rings (SSSR count). The van der Waals surface area contributed by atoms with Crippen molar-refractivity contribution < 1.29 is 18.7 Å². The minimum absolute atomic E-state index is 0.0631. The summed E-state index contributed by atoms with van der Waals surface area (Å²) in [6, 6.07) is 6.39. The first-order valence-electron chi connectivity index (χ1n) is 9.83. The number of para-hydroxylation sites is 1. The number of pyridine rings is 1. The van der Waals surface area contributed by atoms with Crippen LogP contribution in [0.3, 0.4) is 0 Å². The number of anilines is 2. The summed E-state index contributed by atoms with van der Waals surface area (Å²) in [6.07, 6.45) is 3.91. The molecule has 3 N–H and O–H groups in total. The van der Waals surface area contributed by atoms with Gasteiger partial charge in [0.1, 0.15) is 12.4 Å². The molecule has 1 aliphatic rings. The Bertz CT molecular complexity index is 1160. The summed E-state index contributed by atoms with van der Waals surface area (Å²) in [6.45, 7) is 6.61. The van der Waals surface area contributed by atoms with Crippen molar-refractivity contribution in [1.82, 2.24) is 15.3 Å². The van der Waals surface area contributed by atoms with Gasteiger partial charge in [0.25, 0.3) is 5.91 Å². The van der Waals surface area contributed by atoms with Crippen molar-refractivity contribution in [2.24, 2.45) is 0 Å². The Balaban J connectivity index is 1.87. The molecule has 0 saturated heterocycles. The predicted octanol–water partition coefficient (Wildman–Crippen LogP) is 4.21. The molecule has 0 atom stereocenters. The van der Waals surface area contributed by atoms with E-state index in [0.717, 1.165) is 16.8 Å². The second-order valence-corrected chi connectivity index (χ2v) is 7.30. The molecule has 1 aliphatic heterocycles. The van der Waals surface area contributed by atoms with Crippen molar-refractivity contribution in [3.8, 4) is 22.8 Å². The molecule has 7 nitrogen and oxygen atoms in total. The van der Waals surface area contributed by atoms with Gasteiger partial charge in [-0.3, -0.25) is 9.78 Å².